The fraction of sp³-hybridized carbons (Fsp3) is 0.250. The van der Waals surface area contributed by atoms with E-state index in [0.717, 1.165) is 39.5 Å². The first-order valence-corrected chi connectivity index (χ1v) is 9.64. The van der Waals surface area contributed by atoms with E-state index in [-0.39, 0.29) is 0 Å². The van der Waals surface area contributed by atoms with E-state index in [2.05, 4.69) is 74.3 Å². The molecule has 0 amide bonds. The maximum absolute atomic E-state index is 5.26. The molecule has 0 spiro atoms. The van der Waals surface area contributed by atoms with Crippen molar-refractivity contribution in [1.82, 2.24) is 4.98 Å². The first kappa shape index (κ1) is 16.1. The molecule has 0 N–H and O–H groups in total. The van der Waals surface area contributed by atoms with E-state index in [4.69, 9.17) is 9.72 Å². The molecule has 0 aliphatic heterocycles. The molecule has 2 aromatic carbocycles. The first-order chi connectivity index (χ1) is 11.6. The largest absolute Gasteiger partial charge is 0.497 e. The second-order valence-corrected chi connectivity index (χ2v) is 8.04. The van der Waals surface area contributed by atoms with Crippen molar-refractivity contribution >= 4 is 42.8 Å². The summed E-state index contributed by atoms with van der Waals surface area (Å²) < 4.78 is 7.39. The number of nitrogens with zero attached hydrogens (tertiary/aromatic N) is 1. The normalized spacial score (nSPS) is 16.9. The lowest BCUT2D eigenvalue weighted by Crippen LogP contribution is -2.14. The Hall–Kier alpha value is -1.39. The van der Waals surface area contributed by atoms with Gasteiger partial charge < -0.3 is 4.74 Å². The van der Waals surface area contributed by atoms with Crippen LogP contribution in [0.25, 0.3) is 10.9 Å². The van der Waals surface area contributed by atoms with E-state index in [1.807, 2.05) is 0 Å². The lowest BCUT2D eigenvalue weighted by atomic mass is 9.82. The van der Waals surface area contributed by atoms with Crippen LogP contribution in [0.5, 0.6) is 5.75 Å². The predicted molar refractivity (Wildman–Crippen MR) is 105 cm³/mol. The summed E-state index contributed by atoms with van der Waals surface area (Å²) in [5.74, 6) is 1.47. The SMILES string of the molecule is COc1ccc([C@H]2CCc3nc4c(Br)cc(Br)cc4cc3C2)cc1. The maximum Gasteiger partial charge on any atom is 0.118 e. The minimum absolute atomic E-state index is 0.554. The van der Waals surface area contributed by atoms with Crippen molar-refractivity contribution in [2.75, 3.05) is 7.11 Å². The third-order valence-corrected chi connectivity index (χ3v) is 5.85. The van der Waals surface area contributed by atoms with Crippen molar-refractivity contribution in [3.63, 3.8) is 0 Å². The van der Waals surface area contributed by atoms with Gasteiger partial charge in [-0.2, -0.15) is 0 Å². The summed E-state index contributed by atoms with van der Waals surface area (Å²) in [6, 6.07) is 15.0. The third kappa shape index (κ3) is 2.98. The molecule has 1 heterocycles. The van der Waals surface area contributed by atoms with E-state index >= 15 is 0 Å². The number of hydrogen-bond donors (Lipinski definition) is 0. The fourth-order valence-corrected chi connectivity index (χ4v) is 4.87. The molecular weight excluding hydrogens is 430 g/mol. The van der Waals surface area contributed by atoms with Gasteiger partial charge in [0.05, 0.1) is 12.6 Å². The zero-order chi connectivity index (χ0) is 16.7. The van der Waals surface area contributed by atoms with Gasteiger partial charge in [0, 0.05) is 20.0 Å². The highest BCUT2D eigenvalue weighted by molar-refractivity contribution is 9.11. The number of methoxy groups -OCH3 is 1. The monoisotopic (exact) mass is 445 g/mol. The van der Waals surface area contributed by atoms with Gasteiger partial charge in [0.1, 0.15) is 5.75 Å². The van der Waals surface area contributed by atoms with Crippen LogP contribution in [0.4, 0.5) is 0 Å². The Kier molecular flexibility index (Phi) is 4.35. The van der Waals surface area contributed by atoms with Crippen LogP contribution in [0.1, 0.15) is 29.2 Å². The van der Waals surface area contributed by atoms with Crippen molar-refractivity contribution in [3.05, 3.63) is 68.2 Å². The summed E-state index contributed by atoms with van der Waals surface area (Å²) in [6.45, 7) is 0. The molecular formula is C20H17Br2NO. The average molecular weight is 447 g/mol. The van der Waals surface area contributed by atoms with E-state index < -0.39 is 0 Å². The Morgan fingerprint density at radius 1 is 1.08 bits per heavy atom. The van der Waals surface area contributed by atoms with Gasteiger partial charge >= 0.3 is 0 Å². The molecule has 24 heavy (non-hydrogen) atoms. The summed E-state index contributed by atoms with van der Waals surface area (Å²) in [5.41, 5.74) is 5.06. The second kappa shape index (κ2) is 6.49. The topological polar surface area (TPSA) is 22.1 Å². The third-order valence-electron chi connectivity index (χ3n) is 4.79. The maximum atomic E-state index is 5.26. The van der Waals surface area contributed by atoms with Crippen LogP contribution >= 0.6 is 31.9 Å². The lowest BCUT2D eigenvalue weighted by molar-refractivity contribution is 0.414. The molecule has 4 heteroatoms. The van der Waals surface area contributed by atoms with Crippen LogP contribution in [0, 0.1) is 0 Å². The molecule has 0 fully saturated rings. The number of aryl methyl sites for hydroxylation is 1. The van der Waals surface area contributed by atoms with Crippen molar-refractivity contribution < 1.29 is 4.74 Å². The number of benzene rings is 2. The van der Waals surface area contributed by atoms with E-state index in [1.165, 1.54) is 22.2 Å². The molecule has 1 atom stereocenters. The second-order valence-electron chi connectivity index (χ2n) is 6.27. The van der Waals surface area contributed by atoms with Crippen LogP contribution in [-0.2, 0) is 12.8 Å². The number of aromatic nitrogens is 1. The smallest absolute Gasteiger partial charge is 0.118 e. The van der Waals surface area contributed by atoms with E-state index in [9.17, 15) is 0 Å². The number of pyridine rings is 1. The molecule has 122 valence electrons. The Morgan fingerprint density at radius 2 is 1.88 bits per heavy atom. The van der Waals surface area contributed by atoms with Crippen LogP contribution in [0.3, 0.4) is 0 Å². The molecule has 1 aliphatic carbocycles. The van der Waals surface area contributed by atoms with Gasteiger partial charge in [0.2, 0.25) is 0 Å². The molecule has 1 aliphatic rings. The molecule has 1 aromatic heterocycles. The number of ether oxygens (including phenoxy) is 1. The highest BCUT2D eigenvalue weighted by atomic mass is 79.9. The Bertz CT molecular complexity index is 906. The number of rotatable bonds is 2. The summed E-state index contributed by atoms with van der Waals surface area (Å²) >= 11 is 7.21. The number of hydrogen-bond acceptors (Lipinski definition) is 2. The van der Waals surface area contributed by atoms with Gasteiger partial charge in [0.15, 0.2) is 0 Å². The first-order valence-electron chi connectivity index (χ1n) is 8.05. The van der Waals surface area contributed by atoms with Gasteiger partial charge in [-0.3, -0.25) is 4.98 Å². The molecule has 2 nitrogen and oxygen atoms in total. The molecule has 3 aromatic rings. The number of halogens is 2. The van der Waals surface area contributed by atoms with Crippen molar-refractivity contribution in [3.8, 4) is 5.75 Å². The van der Waals surface area contributed by atoms with Gasteiger partial charge in [-0.25, -0.2) is 0 Å². The summed E-state index contributed by atoms with van der Waals surface area (Å²) in [6.07, 6.45) is 3.23. The van der Waals surface area contributed by atoms with Crippen molar-refractivity contribution in [2.45, 2.75) is 25.2 Å². The number of fused-ring (bicyclic) bond motifs is 2. The minimum atomic E-state index is 0.554. The van der Waals surface area contributed by atoms with Crippen LogP contribution in [-0.4, -0.2) is 12.1 Å². The zero-order valence-corrected chi connectivity index (χ0v) is 16.5. The summed E-state index contributed by atoms with van der Waals surface area (Å²) in [5, 5.41) is 1.19. The van der Waals surface area contributed by atoms with Crippen molar-refractivity contribution in [1.29, 1.82) is 0 Å². The van der Waals surface area contributed by atoms with Crippen LogP contribution in [0.15, 0.2) is 51.4 Å². The molecule has 0 bridgehead atoms. The highest BCUT2D eigenvalue weighted by Crippen LogP contribution is 2.36. The van der Waals surface area contributed by atoms with Gasteiger partial charge in [-0.05, 0) is 82.6 Å². The van der Waals surface area contributed by atoms with Gasteiger partial charge in [-0.1, -0.05) is 28.1 Å². The summed E-state index contributed by atoms with van der Waals surface area (Å²) in [4.78, 5) is 4.92. The Labute approximate surface area is 158 Å². The standard InChI is InChI=1S/C20H17Br2NO/c1-24-17-5-2-12(3-6-17)13-4-7-19-14(8-13)9-15-10-16(21)11-18(22)20(15)23-19/h2-3,5-6,9-11,13H,4,7-8H2,1H3/t13-/m0/s1. The van der Waals surface area contributed by atoms with Crippen LogP contribution in [0.2, 0.25) is 0 Å². The van der Waals surface area contributed by atoms with E-state index in [1.54, 1.807) is 7.11 Å². The van der Waals surface area contributed by atoms with Crippen molar-refractivity contribution in [2.24, 2.45) is 0 Å². The predicted octanol–water partition coefficient (Wildman–Crippen LogP) is 6.04. The molecule has 0 unspecified atom stereocenters. The molecule has 0 saturated carbocycles. The van der Waals surface area contributed by atoms with Gasteiger partial charge in [0.25, 0.3) is 0 Å². The lowest BCUT2D eigenvalue weighted by Gasteiger charge is -2.25. The Balaban J connectivity index is 1.70. The fourth-order valence-electron chi connectivity index (χ4n) is 3.52. The van der Waals surface area contributed by atoms with Gasteiger partial charge in [-0.15, -0.1) is 0 Å². The average Bonchev–Trinajstić information content (AvgIpc) is 2.60. The Morgan fingerprint density at radius 3 is 2.62 bits per heavy atom. The summed E-state index contributed by atoms with van der Waals surface area (Å²) in [7, 11) is 1.71. The van der Waals surface area contributed by atoms with Crippen LogP contribution < -0.4 is 4.74 Å². The quantitative estimate of drug-likeness (QED) is 0.478. The minimum Gasteiger partial charge on any atom is -0.497 e. The van der Waals surface area contributed by atoms with E-state index in [0.29, 0.717) is 5.92 Å². The molecule has 0 saturated heterocycles. The molecule has 4 rings (SSSR count). The highest BCUT2D eigenvalue weighted by Gasteiger charge is 2.22. The molecule has 0 radical (unpaired) electrons. The zero-order valence-electron chi connectivity index (χ0n) is 13.4.